The van der Waals surface area contributed by atoms with Gasteiger partial charge in [0.1, 0.15) is 42.3 Å². The van der Waals surface area contributed by atoms with Crippen LogP contribution in [0.25, 0.3) is 0 Å². The minimum Gasteiger partial charge on any atom is -0.481 e. The number of nitrogens with one attached hydrogen (secondary N) is 7. The lowest BCUT2D eigenvalue weighted by molar-refractivity contribution is -0.144. The van der Waals surface area contributed by atoms with E-state index in [0.717, 1.165) is 0 Å². The molecule has 22 nitrogen and oxygen atoms in total. The Bertz CT molecular complexity index is 1480. The molecule has 8 atom stereocenters. The van der Waals surface area contributed by atoms with E-state index in [2.05, 4.69) is 37.2 Å². The topological polar surface area (TPSA) is 368 Å². The van der Waals surface area contributed by atoms with E-state index in [9.17, 15) is 63.3 Å². The van der Waals surface area contributed by atoms with Crippen LogP contribution in [0.3, 0.4) is 0 Å². The molecule has 1 heterocycles. The van der Waals surface area contributed by atoms with Gasteiger partial charge < -0.3 is 64.0 Å². The largest absolute Gasteiger partial charge is 0.481 e. The maximum atomic E-state index is 13.8. The number of unbranched alkanes of at least 4 members (excludes halogenated alkanes) is 2. The molecule has 0 radical (unpaired) electrons. The number of aliphatic carboxylic acids is 3. The predicted octanol–water partition coefficient (Wildman–Crippen LogP) is -2.83. The highest BCUT2D eigenvalue weighted by Gasteiger charge is 2.38. The number of hydrogen-bond donors (Lipinski definition) is 12. The van der Waals surface area contributed by atoms with Crippen molar-refractivity contribution in [2.45, 2.75) is 141 Å². The zero-order valence-corrected chi connectivity index (χ0v) is 33.5. The number of carboxylic acids is 3. The van der Waals surface area contributed by atoms with Crippen LogP contribution in [0, 0.1) is 11.8 Å². The van der Waals surface area contributed by atoms with Gasteiger partial charge in [-0.1, -0.05) is 34.1 Å². The fourth-order valence-electron chi connectivity index (χ4n) is 5.91. The molecular weight excluding hydrogens is 766 g/mol. The van der Waals surface area contributed by atoms with Gasteiger partial charge >= 0.3 is 17.9 Å². The summed E-state index contributed by atoms with van der Waals surface area (Å²) in [6.45, 7) is 6.92. The Morgan fingerprint density at radius 3 is 1.22 bits per heavy atom. The van der Waals surface area contributed by atoms with Crippen LogP contribution in [0.15, 0.2) is 0 Å². The quantitative estimate of drug-likeness (QED) is 0.0620. The summed E-state index contributed by atoms with van der Waals surface area (Å²) in [7, 11) is 0. The number of rotatable bonds is 18. The molecule has 0 unspecified atom stereocenters. The van der Waals surface area contributed by atoms with Gasteiger partial charge in [-0.25, -0.2) is 0 Å². The van der Waals surface area contributed by atoms with Crippen LogP contribution >= 0.6 is 0 Å². The van der Waals surface area contributed by atoms with Gasteiger partial charge in [0, 0.05) is 6.42 Å². The van der Waals surface area contributed by atoms with Crippen molar-refractivity contribution < 1.29 is 63.3 Å². The maximum absolute atomic E-state index is 13.8. The summed E-state index contributed by atoms with van der Waals surface area (Å²) >= 11 is 0. The number of hydrogen-bond acceptors (Lipinski definition) is 12. The first-order valence-electron chi connectivity index (χ1n) is 19.4. The van der Waals surface area contributed by atoms with Crippen LogP contribution in [0.4, 0.5) is 0 Å². The lowest BCUT2D eigenvalue weighted by Gasteiger charge is -2.30. The summed E-state index contributed by atoms with van der Waals surface area (Å²) in [5.74, 6) is -12.8. The van der Waals surface area contributed by atoms with Crippen LogP contribution < -0.4 is 48.7 Å². The molecule has 0 aromatic heterocycles. The van der Waals surface area contributed by atoms with Crippen molar-refractivity contribution >= 4 is 59.3 Å². The Morgan fingerprint density at radius 1 is 0.500 bits per heavy atom. The minimum atomic E-state index is -1.92. The first-order chi connectivity index (χ1) is 27.2. The Balaban J connectivity index is 3.96. The summed E-state index contributed by atoms with van der Waals surface area (Å²) in [6.07, 6.45) is -1.63. The number of carbonyl (C=O) groups excluding carboxylic acids is 7. The fraction of sp³-hybridized carbons (Fsp3) is 0.722. The van der Waals surface area contributed by atoms with Crippen LogP contribution in [0.1, 0.15) is 98.3 Å². The Kier molecular flexibility index (Phi) is 22.5. The van der Waals surface area contributed by atoms with Crippen molar-refractivity contribution in [1.29, 1.82) is 0 Å². The standard InChI is InChI=1S/C36H61N9O13/c1-5-19(4)29-36(58)43-24(17-27(50)51)34(56)42-23(16-26(48)49)33(55)40-20(10-6-8-14-37)30(52)41-22(12-13-25(46)47)31(53)39-21(11-7-9-15-38)32(54)44-28(18(2)3)35(57)45-29/h18-24,28-29H,5-17,37-38H2,1-4H3,(H,39,53)(H,40,55)(H,41,52)(H,42,56)(H,43,58)(H,44,54)(H,45,57)(H,46,47)(H,48,49)(H,50,51)/t19-,20-,21-,22-,23-,24-,28-,29-/m0/s1. The first kappa shape index (κ1) is 50.6. The Hall–Kier alpha value is -5.38. The van der Waals surface area contributed by atoms with Crippen LogP contribution in [-0.2, 0) is 47.9 Å². The number of amides is 7. The highest BCUT2D eigenvalue weighted by Crippen LogP contribution is 2.13. The molecule has 22 heteroatoms. The Morgan fingerprint density at radius 2 is 0.845 bits per heavy atom. The van der Waals surface area contributed by atoms with E-state index < -0.39 is 139 Å². The lowest BCUT2D eigenvalue weighted by Crippen LogP contribution is -2.61. The van der Waals surface area contributed by atoms with Gasteiger partial charge in [-0.15, -0.1) is 0 Å². The third kappa shape index (κ3) is 17.8. The summed E-state index contributed by atoms with van der Waals surface area (Å²) in [5, 5.41) is 45.6. The average Bonchev–Trinajstić information content (AvgIpc) is 3.14. The lowest BCUT2D eigenvalue weighted by atomic mass is 9.95. The molecule has 1 rings (SSSR count). The molecule has 0 aromatic carbocycles. The van der Waals surface area contributed by atoms with Gasteiger partial charge in [-0.3, -0.25) is 47.9 Å². The molecule has 1 fully saturated rings. The normalized spacial score (nSPS) is 25.1. The summed E-state index contributed by atoms with van der Waals surface area (Å²) in [6, 6.07) is -10.9. The molecule has 0 saturated carbocycles. The molecule has 0 aromatic rings. The SMILES string of the molecule is CC[C@H](C)[C@@H]1NC(=O)[C@H](C(C)C)NC(=O)[C@H](CCCCN)NC(=O)[C@H](CCC(=O)O)NC(=O)[C@H](CCCCN)NC(=O)[C@H](CC(=O)O)NC(=O)[C@H](CC(=O)O)NC1=O. The molecule has 58 heavy (non-hydrogen) atoms. The van der Waals surface area contributed by atoms with Crippen molar-refractivity contribution in [2.24, 2.45) is 23.3 Å². The van der Waals surface area contributed by atoms with Crippen LogP contribution in [-0.4, -0.2) is 130 Å². The molecule has 0 spiro atoms. The van der Waals surface area contributed by atoms with Crippen molar-refractivity contribution in [3.8, 4) is 0 Å². The highest BCUT2D eigenvalue weighted by atomic mass is 16.4. The molecule has 7 amide bonds. The average molecular weight is 828 g/mol. The van der Waals surface area contributed by atoms with Gasteiger partial charge in [0.25, 0.3) is 0 Å². The van der Waals surface area contributed by atoms with Crippen molar-refractivity contribution in [3.05, 3.63) is 0 Å². The van der Waals surface area contributed by atoms with Crippen LogP contribution in [0.2, 0.25) is 0 Å². The first-order valence-corrected chi connectivity index (χ1v) is 19.4. The van der Waals surface area contributed by atoms with Crippen molar-refractivity contribution in [1.82, 2.24) is 37.2 Å². The molecule has 14 N–H and O–H groups in total. The Labute approximate surface area is 336 Å². The number of nitrogens with two attached hydrogens (primary N) is 2. The van der Waals surface area contributed by atoms with E-state index >= 15 is 0 Å². The van der Waals surface area contributed by atoms with Gasteiger partial charge in [0.05, 0.1) is 12.8 Å². The summed E-state index contributed by atoms with van der Waals surface area (Å²) in [4.78, 5) is 131. The zero-order chi connectivity index (χ0) is 44.1. The molecular formula is C36H61N9O13. The van der Waals surface area contributed by atoms with Gasteiger partial charge in [0.2, 0.25) is 41.4 Å². The van der Waals surface area contributed by atoms with Gasteiger partial charge in [-0.05, 0) is 69.9 Å². The van der Waals surface area contributed by atoms with E-state index in [0.29, 0.717) is 25.7 Å². The third-order valence-electron chi connectivity index (χ3n) is 9.50. The molecule has 1 aliphatic rings. The highest BCUT2D eigenvalue weighted by molar-refractivity contribution is 6.00. The molecule has 328 valence electrons. The molecule has 1 aliphatic heterocycles. The third-order valence-corrected chi connectivity index (χ3v) is 9.50. The van der Waals surface area contributed by atoms with Crippen molar-refractivity contribution in [3.63, 3.8) is 0 Å². The summed E-state index contributed by atoms with van der Waals surface area (Å²) in [5.41, 5.74) is 11.3. The van der Waals surface area contributed by atoms with Gasteiger partial charge in [0.15, 0.2) is 0 Å². The summed E-state index contributed by atoms with van der Waals surface area (Å²) < 4.78 is 0. The predicted molar refractivity (Wildman–Crippen MR) is 205 cm³/mol. The maximum Gasteiger partial charge on any atom is 0.305 e. The minimum absolute atomic E-state index is 0.00738. The molecule has 0 aliphatic carbocycles. The second kappa shape index (κ2) is 25.8. The number of carbonyl (C=O) groups is 10. The monoisotopic (exact) mass is 827 g/mol. The van der Waals surface area contributed by atoms with Gasteiger partial charge in [-0.2, -0.15) is 0 Å². The smallest absolute Gasteiger partial charge is 0.305 e. The second-order valence-corrected chi connectivity index (χ2v) is 14.6. The molecule has 1 saturated heterocycles. The molecule has 0 bridgehead atoms. The fourth-order valence-corrected chi connectivity index (χ4v) is 5.91. The van der Waals surface area contributed by atoms with Crippen molar-refractivity contribution in [2.75, 3.05) is 13.1 Å². The van der Waals surface area contributed by atoms with E-state index in [1.165, 1.54) is 0 Å². The van der Waals surface area contributed by atoms with Crippen LogP contribution in [0.5, 0.6) is 0 Å². The number of carboxylic acid groups (broad SMARTS) is 3. The van der Waals surface area contributed by atoms with E-state index in [1.54, 1.807) is 27.7 Å². The van der Waals surface area contributed by atoms with E-state index in [4.69, 9.17) is 11.5 Å². The second-order valence-electron chi connectivity index (χ2n) is 14.6. The van der Waals surface area contributed by atoms with E-state index in [1.807, 2.05) is 0 Å². The zero-order valence-electron chi connectivity index (χ0n) is 33.5. The van der Waals surface area contributed by atoms with E-state index in [-0.39, 0.29) is 32.4 Å².